The fourth-order valence-electron chi connectivity index (χ4n) is 4.33. The first-order valence-corrected chi connectivity index (χ1v) is 12.2. The van der Waals surface area contributed by atoms with Gasteiger partial charge in [-0.2, -0.15) is 0 Å². The number of rotatable bonds is 10. The number of Topliss-reactive ketones (excluding diaryl/α,β-unsaturated/α-hetero) is 1. The van der Waals surface area contributed by atoms with Gasteiger partial charge in [-0.15, -0.1) is 0 Å². The quantitative estimate of drug-likeness (QED) is 0.327. The van der Waals surface area contributed by atoms with Crippen molar-refractivity contribution >= 4 is 29.6 Å². The van der Waals surface area contributed by atoms with Crippen LogP contribution in [0, 0.1) is 10.8 Å². The molecule has 204 valence electrons. The Hall–Kier alpha value is -2.79. The van der Waals surface area contributed by atoms with Crippen molar-refractivity contribution < 1.29 is 37.9 Å². The number of alkyl halides is 2. The molecule has 2 fully saturated rings. The summed E-state index contributed by atoms with van der Waals surface area (Å²) in [5.41, 5.74) is -1.57. The topological polar surface area (TPSA) is 145 Å². The highest BCUT2D eigenvalue weighted by molar-refractivity contribution is 6.38. The number of carboxylic acid groups (broad SMARTS) is 1. The Balaban J connectivity index is 2.29. The molecule has 0 aromatic heterocycles. The minimum Gasteiger partial charge on any atom is -0.465 e. The molecule has 2 rings (SSSR count). The van der Waals surface area contributed by atoms with Gasteiger partial charge in [-0.05, 0) is 43.4 Å². The van der Waals surface area contributed by atoms with Gasteiger partial charge in [-0.1, -0.05) is 34.6 Å². The Morgan fingerprint density at radius 3 is 2.11 bits per heavy atom. The Morgan fingerprint density at radius 2 is 1.64 bits per heavy atom. The van der Waals surface area contributed by atoms with Gasteiger partial charge < -0.3 is 26.0 Å². The monoisotopic (exact) mass is 516 g/mol. The molecule has 3 unspecified atom stereocenters. The average molecular weight is 517 g/mol. The SMILES string of the molecule is CC(F)(F)CCC(NC(=O)C1N(C(=O)C(NC(=O)O)C(C)(C)C)CCC1(C)C)C(=O)C(=O)NC1CC1. The summed E-state index contributed by atoms with van der Waals surface area (Å²) in [5, 5.41) is 16.4. The number of likely N-dealkylation sites (tertiary alicyclic amines) is 1. The lowest BCUT2D eigenvalue weighted by Crippen LogP contribution is -2.60. The van der Waals surface area contributed by atoms with Crippen LogP contribution in [-0.2, 0) is 19.2 Å². The maximum Gasteiger partial charge on any atom is 0.405 e. The number of hydrogen-bond acceptors (Lipinski definition) is 5. The van der Waals surface area contributed by atoms with Gasteiger partial charge >= 0.3 is 6.09 Å². The van der Waals surface area contributed by atoms with Crippen molar-refractivity contribution in [2.24, 2.45) is 10.8 Å². The van der Waals surface area contributed by atoms with E-state index in [0.717, 1.165) is 12.8 Å². The summed E-state index contributed by atoms with van der Waals surface area (Å²) in [5.74, 6) is -6.45. The number of amides is 4. The van der Waals surface area contributed by atoms with E-state index in [-0.39, 0.29) is 12.6 Å². The molecule has 4 N–H and O–H groups in total. The first-order valence-electron chi connectivity index (χ1n) is 12.2. The maximum atomic E-state index is 13.6. The standard InChI is InChI=1S/C24H38F2N4O6/c1-22(2,3)16(29-21(35)36)20(34)30-12-11-23(4,5)17(30)19(33)28-14(9-10-24(6,25)26)15(31)18(32)27-13-7-8-13/h13-14,16-17,29H,7-12H2,1-6H3,(H,27,32)(H,28,33)(H,35,36). The van der Waals surface area contributed by atoms with Crippen LogP contribution in [0.1, 0.15) is 73.6 Å². The number of ketones is 1. The van der Waals surface area contributed by atoms with Gasteiger partial charge in [-0.25, -0.2) is 13.6 Å². The van der Waals surface area contributed by atoms with E-state index in [0.29, 0.717) is 13.3 Å². The highest BCUT2D eigenvalue weighted by Crippen LogP contribution is 2.38. The van der Waals surface area contributed by atoms with Crippen LogP contribution < -0.4 is 16.0 Å². The van der Waals surface area contributed by atoms with Crippen molar-refractivity contribution in [1.82, 2.24) is 20.9 Å². The zero-order valence-corrected chi connectivity index (χ0v) is 21.7. The molecule has 1 aliphatic heterocycles. The van der Waals surface area contributed by atoms with E-state index in [1.54, 1.807) is 34.6 Å². The summed E-state index contributed by atoms with van der Waals surface area (Å²) in [4.78, 5) is 64.6. The van der Waals surface area contributed by atoms with Crippen LogP contribution in [0.2, 0.25) is 0 Å². The van der Waals surface area contributed by atoms with Crippen molar-refractivity contribution in [3.8, 4) is 0 Å². The van der Waals surface area contributed by atoms with E-state index >= 15 is 0 Å². The highest BCUT2D eigenvalue weighted by atomic mass is 19.3. The summed E-state index contributed by atoms with van der Waals surface area (Å²) < 4.78 is 27.1. The van der Waals surface area contributed by atoms with Gasteiger partial charge in [0, 0.05) is 19.0 Å². The van der Waals surface area contributed by atoms with E-state index in [4.69, 9.17) is 0 Å². The number of halogens is 2. The van der Waals surface area contributed by atoms with Crippen molar-refractivity contribution in [2.45, 2.75) is 104 Å². The van der Waals surface area contributed by atoms with Gasteiger partial charge in [0.15, 0.2) is 0 Å². The zero-order chi connectivity index (χ0) is 27.6. The molecule has 1 heterocycles. The summed E-state index contributed by atoms with van der Waals surface area (Å²) in [7, 11) is 0. The summed E-state index contributed by atoms with van der Waals surface area (Å²) in [6.45, 7) is 9.38. The van der Waals surface area contributed by atoms with E-state index in [1.165, 1.54) is 4.90 Å². The fourth-order valence-corrected chi connectivity index (χ4v) is 4.33. The van der Waals surface area contributed by atoms with Gasteiger partial charge in [0.05, 0.1) is 6.04 Å². The van der Waals surface area contributed by atoms with Crippen LogP contribution in [0.15, 0.2) is 0 Å². The predicted molar refractivity (Wildman–Crippen MR) is 126 cm³/mol. The third-order valence-corrected chi connectivity index (χ3v) is 6.60. The molecular weight excluding hydrogens is 478 g/mol. The zero-order valence-electron chi connectivity index (χ0n) is 21.7. The van der Waals surface area contributed by atoms with Crippen molar-refractivity contribution in [3.05, 3.63) is 0 Å². The van der Waals surface area contributed by atoms with E-state index < -0.39 is 77.3 Å². The lowest BCUT2D eigenvalue weighted by Gasteiger charge is -2.37. The highest BCUT2D eigenvalue weighted by Gasteiger charge is 2.50. The Kier molecular flexibility index (Phi) is 8.73. The van der Waals surface area contributed by atoms with Crippen molar-refractivity contribution in [1.29, 1.82) is 0 Å². The van der Waals surface area contributed by atoms with Crippen LogP contribution in [-0.4, -0.2) is 76.2 Å². The second-order valence-electron chi connectivity index (χ2n) is 11.7. The van der Waals surface area contributed by atoms with Crippen LogP contribution in [0.3, 0.4) is 0 Å². The summed E-state index contributed by atoms with van der Waals surface area (Å²) >= 11 is 0. The predicted octanol–water partition coefficient (Wildman–Crippen LogP) is 2.06. The number of carbonyl (C=O) groups is 5. The van der Waals surface area contributed by atoms with E-state index in [9.17, 15) is 37.9 Å². The van der Waals surface area contributed by atoms with Crippen LogP contribution in [0.25, 0.3) is 0 Å². The number of carbonyl (C=O) groups excluding carboxylic acids is 4. The fraction of sp³-hybridized carbons (Fsp3) is 0.792. The minimum absolute atomic E-state index is 0.136. The molecule has 0 radical (unpaired) electrons. The van der Waals surface area contributed by atoms with Crippen LogP contribution in [0.4, 0.5) is 13.6 Å². The third-order valence-electron chi connectivity index (χ3n) is 6.60. The van der Waals surface area contributed by atoms with Crippen LogP contribution >= 0.6 is 0 Å². The molecule has 1 saturated heterocycles. The van der Waals surface area contributed by atoms with E-state index in [1.807, 2.05) is 0 Å². The molecule has 1 saturated carbocycles. The first-order chi connectivity index (χ1) is 16.3. The van der Waals surface area contributed by atoms with Crippen molar-refractivity contribution in [3.63, 3.8) is 0 Å². The minimum atomic E-state index is -3.12. The summed E-state index contributed by atoms with van der Waals surface area (Å²) in [6.07, 6.45) is -0.736. The maximum absolute atomic E-state index is 13.6. The van der Waals surface area contributed by atoms with E-state index in [2.05, 4.69) is 16.0 Å². The molecule has 36 heavy (non-hydrogen) atoms. The second-order valence-corrected chi connectivity index (χ2v) is 11.7. The molecule has 2 aliphatic rings. The number of hydrogen-bond donors (Lipinski definition) is 4. The van der Waals surface area contributed by atoms with Gasteiger partial charge in [-0.3, -0.25) is 19.2 Å². The smallest absolute Gasteiger partial charge is 0.405 e. The average Bonchev–Trinajstić information content (AvgIpc) is 3.47. The number of nitrogens with zero attached hydrogens (tertiary/aromatic N) is 1. The van der Waals surface area contributed by atoms with Crippen molar-refractivity contribution in [2.75, 3.05) is 6.54 Å². The lowest BCUT2D eigenvalue weighted by atomic mass is 9.82. The molecule has 3 atom stereocenters. The molecule has 12 heteroatoms. The van der Waals surface area contributed by atoms with Gasteiger partial charge in [0.25, 0.3) is 5.91 Å². The summed E-state index contributed by atoms with van der Waals surface area (Å²) in [6, 6.07) is -3.89. The molecule has 0 bridgehead atoms. The Bertz CT molecular complexity index is 892. The molecular formula is C24H38F2N4O6. The molecule has 4 amide bonds. The normalized spacial score (nSPS) is 21.3. The molecule has 0 aromatic rings. The Labute approximate surface area is 209 Å². The molecule has 0 aromatic carbocycles. The lowest BCUT2D eigenvalue weighted by molar-refractivity contribution is -0.145. The first kappa shape index (κ1) is 29.4. The van der Waals surface area contributed by atoms with Gasteiger partial charge in [0.2, 0.25) is 23.5 Å². The second kappa shape index (κ2) is 10.7. The molecule has 0 spiro atoms. The Morgan fingerprint density at radius 1 is 1.06 bits per heavy atom. The van der Waals surface area contributed by atoms with Gasteiger partial charge in [0.1, 0.15) is 12.1 Å². The molecule has 1 aliphatic carbocycles. The molecule has 10 nitrogen and oxygen atoms in total. The number of nitrogens with one attached hydrogen (secondary N) is 3. The third kappa shape index (κ3) is 7.86. The largest absolute Gasteiger partial charge is 0.465 e. The van der Waals surface area contributed by atoms with Crippen LogP contribution in [0.5, 0.6) is 0 Å².